The Kier molecular flexibility index (Phi) is 2.71. The standard InChI is InChI=1S/C23H17N2O2/c1-14-7-3-4-8-15(14)23-24(2)13-20-25(23)18-12-11-17-16-9-5-6-10-19(16)26-21(17)22(18)27-20/h3-13H,1-2H3/q+1. The van der Waals surface area contributed by atoms with E-state index in [1.165, 1.54) is 11.1 Å². The summed E-state index contributed by atoms with van der Waals surface area (Å²) in [7, 11) is 2.05. The van der Waals surface area contributed by atoms with Crippen molar-refractivity contribution >= 4 is 38.8 Å². The van der Waals surface area contributed by atoms with Crippen molar-refractivity contribution in [3.05, 3.63) is 72.4 Å². The quantitative estimate of drug-likeness (QED) is 0.372. The number of oxazole rings is 1. The summed E-state index contributed by atoms with van der Waals surface area (Å²) in [6.45, 7) is 2.13. The molecule has 0 spiro atoms. The highest BCUT2D eigenvalue weighted by atomic mass is 16.4. The van der Waals surface area contributed by atoms with Crippen molar-refractivity contribution in [2.45, 2.75) is 6.92 Å². The Labute approximate surface area is 154 Å². The predicted octanol–water partition coefficient (Wildman–Crippen LogP) is 5.38. The number of hydrogen-bond acceptors (Lipinski definition) is 2. The van der Waals surface area contributed by atoms with E-state index in [4.69, 9.17) is 8.83 Å². The molecule has 0 aliphatic carbocycles. The molecule has 6 rings (SSSR count). The molecule has 0 saturated carbocycles. The van der Waals surface area contributed by atoms with Crippen LogP contribution in [0.1, 0.15) is 5.56 Å². The van der Waals surface area contributed by atoms with Crippen LogP contribution in [0.25, 0.3) is 50.1 Å². The molecule has 0 radical (unpaired) electrons. The lowest BCUT2D eigenvalue weighted by molar-refractivity contribution is -0.658. The van der Waals surface area contributed by atoms with Crippen molar-refractivity contribution in [2.75, 3.05) is 0 Å². The average Bonchev–Trinajstić information content (AvgIpc) is 3.31. The van der Waals surface area contributed by atoms with Crippen molar-refractivity contribution in [1.29, 1.82) is 0 Å². The van der Waals surface area contributed by atoms with Gasteiger partial charge in [0.1, 0.15) is 5.58 Å². The third-order valence-electron chi connectivity index (χ3n) is 5.38. The van der Waals surface area contributed by atoms with E-state index in [9.17, 15) is 0 Å². The van der Waals surface area contributed by atoms with E-state index in [0.29, 0.717) is 0 Å². The lowest BCUT2D eigenvalue weighted by atomic mass is 10.1. The maximum Gasteiger partial charge on any atom is 0.336 e. The highest BCUT2D eigenvalue weighted by Gasteiger charge is 2.27. The van der Waals surface area contributed by atoms with Crippen LogP contribution in [0.2, 0.25) is 0 Å². The zero-order valence-corrected chi connectivity index (χ0v) is 15.1. The third kappa shape index (κ3) is 1.84. The molecular formula is C23H17N2O2+. The lowest BCUT2D eigenvalue weighted by Crippen LogP contribution is -2.28. The molecule has 0 saturated heterocycles. The minimum Gasteiger partial charge on any atom is -0.452 e. The normalized spacial score (nSPS) is 12.1. The fourth-order valence-electron chi connectivity index (χ4n) is 4.12. The lowest BCUT2D eigenvalue weighted by Gasteiger charge is -2.01. The SMILES string of the molecule is Cc1ccccc1-c1n2c(c[n+]1C)oc1c3oc4ccccc4c3ccc12. The Bertz CT molecular complexity index is 1500. The van der Waals surface area contributed by atoms with Gasteiger partial charge in [-0.25, -0.2) is 4.57 Å². The monoisotopic (exact) mass is 353 g/mol. The molecule has 0 bridgehead atoms. The maximum absolute atomic E-state index is 6.27. The van der Waals surface area contributed by atoms with Crippen LogP contribution in [-0.4, -0.2) is 4.40 Å². The molecule has 0 unspecified atom stereocenters. The number of aryl methyl sites for hydroxylation is 2. The van der Waals surface area contributed by atoms with Crippen LogP contribution < -0.4 is 4.57 Å². The van der Waals surface area contributed by atoms with Crippen LogP contribution in [0.5, 0.6) is 0 Å². The van der Waals surface area contributed by atoms with E-state index in [1.54, 1.807) is 0 Å². The van der Waals surface area contributed by atoms with E-state index in [-0.39, 0.29) is 0 Å². The summed E-state index contributed by atoms with van der Waals surface area (Å²) < 4.78 is 16.7. The summed E-state index contributed by atoms with van der Waals surface area (Å²) in [4.78, 5) is 0. The molecule has 0 aliphatic heterocycles. The smallest absolute Gasteiger partial charge is 0.336 e. The second-order valence-corrected chi connectivity index (χ2v) is 7.04. The molecule has 4 nitrogen and oxygen atoms in total. The number of hydrogen-bond donors (Lipinski definition) is 0. The summed E-state index contributed by atoms with van der Waals surface area (Å²) in [5.74, 6) is 1.09. The number of nitrogens with zero attached hydrogens (tertiary/aromatic N) is 2. The number of imidazole rings is 1. The topological polar surface area (TPSA) is 34.6 Å². The fraction of sp³-hybridized carbons (Fsp3) is 0.0870. The second-order valence-electron chi connectivity index (χ2n) is 7.04. The van der Waals surface area contributed by atoms with Crippen LogP contribution in [-0.2, 0) is 7.05 Å². The second kappa shape index (κ2) is 5.01. The molecule has 0 aliphatic rings. The molecule has 0 fully saturated rings. The van der Waals surface area contributed by atoms with Gasteiger partial charge in [0, 0.05) is 10.8 Å². The van der Waals surface area contributed by atoms with Crippen molar-refractivity contribution in [3.63, 3.8) is 0 Å². The van der Waals surface area contributed by atoms with Gasteiger partial charge in [0.15, 0.2) is 17.3 Å². The van der Waals surface area contributed by atoms with Crippen molar-refractivity contribution in [2.24, 2.45) is 7.05 Å². The molecule has 4 heteroatoms. The third-order valence-corrected chi connectivity index (χ3v) is 5.38. The molecule has 0 amide bonds. The highest BCUT2D eigenvalue weighted by Crippen LogP contribution is 2.36. The number of aromatic nitrogens is 2. The predicted molar refractivity (Wildman–Crippen MR) is 106 cm³/mol. The van der Waals surface area contributed by atoms with Crippen LogP contribution >= 0.6 is 0 Å². The highest BCUT2D eigenvalue weighted by molar-refractivity contribution is 6.13. The molecule has 3 aromatic heterocycles. The number of para-hydroxylation sites is 1. The van der Waals surface area contributed by atoms with Gasteiger partial charge in [-0.3, -0.25) is 0 Å². The Balaban J connectivity index is 1.78. The Hall–Kier alpha value is -3.53. The Morgan fingerprint density at radius 3 is 2.52 bits per heavy atom. The van der Waals surface area contributed by atoms with Gasteiger partial charge in [-0.1, -0.05) is 36.4 Å². The van der Waals surface area contributed by atoms with E-state index in [1.807, 2.05) is 24.4 Å². The van der Waals surface area contributed by atoms with Gasteiger partial charge >= 0.3 is 5.71 Å². The summed E-state index contributed by atoms with van der Waals surface area (Å²) in [5.41, 5.74) is 6.70. The van der Waals surface area contributed by atoms with Gasteiger partial charge in [-0.05, 0) is 36.8 Å². The zero-order chi connectivity index (χ0) is 18.1. The first-order valence-corrected chi connectivity index (χ1v) is 9.02. The number of rotatable bonds is 1. The van der Waals surface area contributed by atoms with Crippen molar-refractivity contribution < 1.29 is 13.4 Å². The first-order valence-electron chi connectivity index (χ1n) is 9.02. The van der Waals surface area contributed by atoms with E-state index in [2.05, 4.69) is 65.4 Å². The first kappa shape index (κ1) is 14.6. The Morgan fingerprint density at radius 1 is 0.815 bits per heavy atom. The van der Waals surface area contributed by atoms with Gasteiger partial charge in [0.05, 0.1) is 12.6 Å². The van der Waals surface area contributed by atoms with E-state index in [0.717, 1.165) is 44.6 Å². The fourth-order valence-corrected chi connectivity index (χ4v) is 4.12. The molecule has 3 aromatic carbocycles. The van der Waals surface area contributed by atoms with Crippen molar-refractivity contribution in [1.82, 2.24) is 4.40 Å². The van der Waals surface area contributed by atoms with E-state index >= 15 is 0 Å². The molecule has 27 heavy (non-hydrogen) atoms. The summed E-state index contributed by atoms with van der Waals surface area (Å²) in [6, 6.07) is 20.8. The van der Waals surface area contributed by atoms with E-state index < -0.39 is 0 Å². The number of furan rings is 1. The molecular weight excluding hydrogens is 336 g/mol. The van der Waals surface area contributed by atoms with Crippen LogP contribution in [0.15, 0.2) is 75.7 Å². The number of fused-ring (bicyclic) bond motifs is 7. The van der Waals surface area contributed by atoms with Crippen LogP contribution in [0.3, 0.4) is 0 Å². The molecule has 3 heterocycles. The molecule has 6 aromatic rings. The average molecular weight is 353 g/mol. The summed E-state index contributed by atoms with van der Waals surface area (Å²) >= 11 is 0. The van der Waals surface area contributed by atoms with Crippen molar-refractivity contribution in [3.8, 4) is 11.4 Å². The number of benzene rings is 3. The summed E-state index contributed by atoms with van der Waals surface area (Å²) in [5, 5.41) is 2.19. The van der Waals surface area contributed by atoms with Gasteiger partial charge in [0.25, 0.3) is 5.82 Å². The first-order chi connectivity index (χ1) is 13.2. The molecule has 0 atom stereocenters. The van der Waals surface area contributed by atoms with Gasteiger partial charge in [-0.2, -0.15) is 4.40 Å². The minimum absolute atomic E-state index is 0.786. The molecule has 130 valence electrons. The Morgan fingerprint density at radius 2 is 1.63 bits per heavy atom. The van der Waals surface area contributed by atoms with Gasteiger partial charge in [-0.15, -0.1) is 0 Å². The van der Waals surface area contributed by atoms with Gasteiger partial charge in [0.2, 0.25) is 5.58 Å². The summed E-state index contributed by atoms with van der Waals surface area (Å²) in [6.07, 6.45) is 2.02. The van der Waals surface area contributed by atoms with Gasteiger partial charge < -0.3 is 8.83 Å². The minimum atomic E-state index is 0.786. The molecule has 0 N–H and O–H groups in total. The van der Waals surface area contributed by atoms with Crippen LogP contribution in [0, 0.1) is 6.92 Å². The zero-order valence-electron chi connectivity index (χ0n) is 15.1. The van der Waals surface area contributed by atoms with Crippen LogP contribution in [0.4, 0.5) is 0 Å². The largest absolute Gasteiger partial charge is 0.452 e. The maximum atomic E-state index is 6.27.